The molecule has 2 rings (SSSR count). The van der Waals surface area contributed by atoms with E-state index in [1.54, 1.807) is 7.05 Å². The van der Waals surface area contributed by atoms with E-state index < -0.39 is 10.0 Å². The average Bonchev–Trinajstić information content (AvgIpc) is 2.61. The highest BCUT2D eigenvalue weighted by Gasteiger charge is 2.24. The minimum Gasteiger partial charge on any atom is -0.379 e. The molecule has 26 heavy (non-hydrogen) atoms. The van der Waals surface area contributed by atoms with E-state index in [2.05, 4.69) is 22.5 Å². The summed E-state index contributed by atoms with van der Waals surface area (Å²) in [5, 5.41) is 6.42. The zero-order valence-electron chi connectivity index (χ0n) is 16.1. The van der Waals surface area contributed by atoms with E-state index in [0.717, 1.165) is 24.8 Å². The third kappa shape index (κ3) is 8.26. The Hall–Kier alpha value is -0.130. The number of hydrogen-bond acceptors (Lipinski definition) is 4. The first-order chi connectivity index (χ1) is 12.0. The number of nitrogens with one attached hydrogen (secondary N) is 2. The fourth-order valence-electron chi connectivity index (χ4n) is 3.69. The van der Waals surface area contributed by atoms with Gasteiger partial charge in [-0.1, -0.05) is 26.2 Å². The van der Waals surface area contributed by atoms with E-state index in [-0.39, 0.29) is 29.7 Å². The fraction of sp³-hybridized carbons (Fsp3) is 0.941. The van der Waals surface area contributed by atoms with Crippen molar-refractivity contribution in [3.05, 3.63) is 0 Å². The Morgan fingerprint density at radius 2 is 1.88 bits per heavy atom. The van der Waals surface area contributed by atoms with Gasteiger partial charge in [0.2, 0.25) is 10.0 Å². The molecule has 2 atom stereocenters. The van der Waals surface area contributed by atoms with Crippen LogP contribution < -0.4 is 10.6 Å². The minimum absolute atomic E-state index is 0. The van der Waals surface area contributed by atoms with Gasteiger partial charge in [0.15, 0.2) is 5.96 Å². The molecule has 9 heteroatoms. The fourth-order valence-corrected chi connectivity index (χ4v) is 5.01. The van der Waals surface area contributed by atoms with Crippen LogP contribution in [0.4, 0.5) is 0 Å². The van der Waals surface area contributed by atoms with Gasteiger partial charge in [-0.15, -0.1) is 24.0 Å². The lowest BCUT2D eigenvalue weighted by Gasteiger charge is -2.27. The normalized spacial score (nSPS) is 25.4. The number of nitrogens with zero attached hydrogens (tertiary/aromatic N) is 2. The number of hydrogen-bond donors (Lipinski definition) is 2. The zero-order chi connectivity index (χ0) is 18.1. The summed E-state index contributed by atoms with van der Waals surface area (Å²) in [7, 11) is -1.51. The number of rotatable bonds is 7. The quantitative estimate of drug-likeness (QED) is 0.314. The van der Waals surface area contributed by atoms with Gasteiger partial charge in [0.1, 0.15) is 0 Å². The molecule has 0 aromatic rings. The monoisotopic (exact) mass is 502 g/mol. The summed E-state index contributed by atoms with van der Waals surface area (Å²) >= 11 is 0. The summed E-state index contributed by atoms with van der Waals surface area (Å²) in [5.74, 6) is 2.41. The molecule has 154 valence electrons. The number of morpholine rings is 1. The van der Waals surface area contributed by atoms with Gasteiger partial charge in [-0.25, -0.2) is 8.42 Å². The van der Waals surface area contributed by atoms with Gasteiger partial charge in [0, 0.05) is 33.2 Å². The van der Waals surface area contributed by atoms with Crippen LogP contribution in [0.5, 0.6) is 0 Å². The van der Waals surface area contributed by atoms with Crippen molar-refractivity contribution in [1.82, 2.24) is 14.9 Å². The van der Waals surface area contributed by atoms with Crippen molar-refractivity contribution in [1.29, 1.82) is 0 Å². The van der Waals surface area contributed by atoms with Gasteiger partial charge < -0.3 is 15.4 Å². The minimum atomic E-state index is -3.22. The molecule has 2 unspecified atom stereocenters. The van der Waals surface area contributed by atoms with E-state index in [9.17, 15) is 8.42 Å². The van der Waals surface area contributed by atoms with E-state index in [1.165, 1.54) is 30.0 Å². The van der Waals surface area contributed by atoms with Crippen molar-refractivity contribution in [3.8, 4) is 0 Å². The Morgan fingerprint density at radius 1 is 1.19 bits per heavy atom. The maximum Gasteiger partial charge on any atom is 0.215 e. The first-order valence-electron chi connectivity index (χ1n) is 9.51. The topological polar surface area (TPSA) is 83.0 Å². The van der Waals surface area contributed by atoms with Gasteiger partial charge in [0.05, 0.1) is 19.0 Å². The predicted molar refractivity (Wildman–Crippen MR) is 117 cm³/mol. The molecule has 1 aliphatic carbocycles. The Balaban J connectivity index is 0.00000338. The maximum atomic E-state index is 12.3. The highest BCUT2D eigenvalue weighted by molar-refractivity contribution is 14.0. The second-order valence-corrected chi connectivity index (χ2v) is 9.27. The molecule has 0 aromatic carbocycles. The lowest BCUT2D eigenvalue weighted by atomic mass is 9.81. The third-order valence-corrected chi connectivity index (χ3v) is 7.00. The number of ether oxygens (including phenoxy) is 1. The Labute approximate surface area is 175 Å². The van der Waals surface area contributed by atoms with Gasteiger partial charge >= 0.3 is 0 Å². The maximum absolute atomic E-state index is 12.3. The molecular formula is C17H35IN4O3S. The molecule has 1 saturated carbocycles. The van der Waals surface area contributed by atoms with Gasteiger partial charge in [-0.3, -0.25) is 4.99 Å². The molecule has 2 fully saturated rings. The highest BCUT2D eigenvalue weighted by Crippen LogP contribution is 2.30. The summed E-state index contributed by atoms with van der Waals surface area (Å²) < 4.78 is 31.3. The largest absolute Gasteiger partial charge is 0.379 e. The molecule has 0 aromatic heterocycles. The number of aliphatic imine (C=N–C) groups is 1. The summed E-state index contributed by atoms with van der Waals surface area (Å²) in [6, 6.07) is 0. The van der Waals surface area contributed by atoms with Crippen molar-refractivity contribution < 1.29 is 13.2 Å². The highest BCUT2D eigenvalue weighted by atomic mass is 127. The number of halogens is 1. The second kappa shape index (κ2) is 12.4. The lowest BCUT2D eigenvalue weighted by molar-refractivity contribution is 0.0730. The predicted octanol–water partition coefficient (Wildman–Crippen LogP) is 1.65. The van der Waals surface area contributed by atoms with Crippen molar-refractivity contribution in [2.24, 2.45) is 16.8 Å². The summed E-state index contributed by atoms with van der Waals surface area (Å²) in [6.45, 7) is 5.46. The number of guanidine groups is 1. The standard InChI is InChI=1S/C17H34N4O3S.HI/c1-15-4-3-5-16(14-15)6-7-19-17(18-2)20-8-13-25(22,23)21-9-11-24-12-10-21;/h15-16H,3-14H2,1-2H3,(H2,18,19,20);1H. The van der Waals surface area contributed by atoms with E-state index in [1.807, 2.05) is 0 Å². The summed E-state index contributed by atoms with van der Waals surface area (Å²) in [5.41, 5.74) is 0. The first kappa shape index (κ1) is 23.9. The van der Waals surface area contributed by atoms with Crippen LogP contribution in [0.2, 0.25) is 0 Å². The van der Waals surface area contributed by atoms with Crippen molar-refractivity contribution in [3.63, 3.8) is 0 Å². The van der Waals surface area contributed by atoms with Gasteiger partial charge in [-0.05, 0) is 24.7 Å². The molecule has 0 radical (unpaired) electrons. The summed E-state index contributed by atoms with van der Waals surface area (Å²) in [4.78, 5) is 4.18. The molecule has 0 bridgehead atoms. The van der Waals surface area contributed by atoms with Crippen molar-refractivity contribution >= 4 is 40.0 Å². The first-order valence-corrected chi connectivity index (χ1v) is 11.1. The van der Waals surface area contributed by atoms with E-state index >= 15 is 0 Å². The van der Waals surface area contributed by atoms with Crippen LogP contribution in [-0.4, -0.2) is 70.9 Å². The van der Waals surface area contributed by atoms with Gasteiger partial charge in [-0.2, -0.15) is 4.31 Å². The van der Waals surface area contributed by atoms with Gasteiger partial charge in [0.25, 0.3) is 0 Å². The molecule has 1 aliphatic heterocycles. The van der Waals surface area contributed by atoms with E-state index in [4.69, 9.17) is 4.74 Å². The van der Waals surface area contributed by atoms with Crippen LogP contribution in [0, 0.1) is 11.8 Å². The van der Waals surface area contributed by atoms with Crippen LogP contribution >= 0.6 is 24.0 Å². The lowest BCUT2D eigenvalue weighted by Crippen LogP contribution is -2.45. The van der Waals surface area contributed by atoms with E-state index in [0.29, 0.717) is 38.8 Å². The Kier molecular flexibility index (Phi) is 11.4. The molecule has 7 nitrogen and oxygen atoms in total. The van der Waals surface area contributed by atoms with Crippen LogP contribution in [0.15, 0.2) is 4.99 Å². The molecule has 0 amide bonds. The second-order valence-electron chi connectivity index (χ2n) is 7.18. The molecule has 0 spiro atoms. The molecular weight excluding hydrogens is 467 g/mol. The third-order valence-electron chi connectivity index (χ3n) is 5.13. The molecule has 1 heterocycles. The van der Waals surface area contributed by atoms with Crippen LogP contribution in [0.1, 0.15) is 39.0 Å². The SMILES string of the molecule is CN=C(NCCC1CCCC(C)C1)NCCS(=O)(=O)N1CCOCC1.I. The summed E-state index contributed by atoms with van der Waals surface area (Å²) in [6.07, 6.45) is 6.52. The van der Waals surface area contributed by atoms with Crippen LogP contribution in [0.3, 0.4) is 0 Å². The van der Waals surface area contributed by atoms with Crippen molar-refractivity contribution in [2.45, 2.75) is 39.0 Å². The zero-order valence-corrected chi connectivity index (χ0v) is 19.2. The number of sulfonamides is 1. The molecule has 1 saturated heterocycles. The van der Waals surface area contributed by atoms with Crippen LogP contribution in [-0.2, 0) is 14.8 Å². The average molecular weight is 502 g/mol. The van der Waals surface area contributed by atoms with Crippen molar-refractivity contribution in [2.75, 3.05) is 52.2 Å². The van der Waals surface area contributed by atoms with Crippen LogP contribution in [0.25, 0.3) is 0 Å². The smallest absolute Gasteiger partial charge is 0.215 e. The Morgan fingerprint density at radius 3 is 2.54 bits per heavy atom. The Bertz CT molecular complexity index is 524. The molecule has 2 N–H and O–H groups in total. The molecule has 2 aliphatic rings.